The quantitative estimate of drug-likeness (QED) is 0.614. The molecule has 0 saturated heterocycles. The van der Waals surface area contributed by atoms with E-state index < -0.39 is 5.82 Å². The molecule has 0 radical (unpaired) electrons. The van der Waals surface area contributed by atoms with Crippen LogP contribution in [0.3, 0.4) is 0 Å². The van der Waals surface area contributed by atoms with E-state index in [1.165, 1.54) is 23.5 Å². The molecule has 3 rings (SSSR count). The van der Waals surface area contributed by atoms with E-state index in [1.54, 1.807) is 17.4 Å². The van der Waals surface area contributed by atoms with Crippen LogP contribution in [0.5, 0.6) is 5.75 Å². The summed E-state index contributed by atoms with van der Waals surface area (Å²) in [4.78, 5) is 2.16. The lowest BCUT2D eigenvalue weighted by Gasteiger charge is -2.17. The molecule has 2 aromatic heterocycles. The summed E-state index contributed by atoms with van der Waals surface area (Å²) in [6.07, 6.45) is 0. The summed E-state index contributed by atoms with van der Waals surface area (Å²) in [7, 11) is 0. The van der Waals surface area contributed by atoms with Crippen molar-refractivity contribution in [3.63, 3.8) is 0 Å². The van der Waals surface area contributed by atoms with Gasteiger partial charge in [-0.25, -0.2) is 4.39 Å². The molecule has 2 N–H and O–H groups in total. The second-order valence-electron chi connectivity index (χ2n) is 4.40. The highest BCUT2D eigenvalue weighted by atomic mass is 35.5. The lowest BCUT2D eigenvalue weighted by molar-refractivity contribution is 0.432. The zero-order valence-corrected chi connectivity index (χ0v) is 13.1. The third-order valence-corrected chi connectivity index (χ3v) is 5.20. The Morgan fingerprint density at radius 2 is 2.00 bits per heavy atom. The lowest BCUT2D eigenvalue weighted by Crippen LogP contribution is -2.09. The van der Waals surface area contributed by atoms with Crippen LogP contribution in [0.4, 0.5) is 10.1 Å². The molecule has 0 aliphatic carbocycles. The first-order valence-electron chi connectivity index (χ1n) is 6.17. The molecule has 108 valence electrons. The number of halogens is 2. The van der Waals surface area contributed by atoms with E-state index in [9.17, 15) is 9.50 Å². The van der Waals surface area contributed by atoms with Gasteiger partial charge in [0.1, 0.15) is 0 Å². The first kappa shape index (κ1) is 14.4. The van der Waals surface area contributed by atoms with E-state index in [1.807, 2.05) is 29.6 Å². The van der Waals surface area contributed by atoms with Gasteiger partial charge in [0.05, 0.1) is 10.4 Å². The van der Waals surface area contributed by atoms with E-state index in [-0.39, 0.29) is 11.8 Å². The molecule has 0 spiro atoms. The molecule has 0 aliphatic rings. The van der Waals surface area contributed by atoms with E-state index in [0.717, 1.165) is 9.75 Å². The van der Waals surface area contributed by atoms with Crippen LogP contribution in [-0.2, 0) is 0 Å². The predicted molar refractivity (Wildman–Crippen MR) is 87.2 cm³/mol. The summed E-state index contributed by atoms with van der Waals surface area (Å²) < 4.78 is 14.2. The average molecular weight is 340 g/mol. The lowest BCUT2D eigenvalue weighted by atomic mass is 10.2. The van der Waals surface area contributed by atoms with Crippen LogP contribution in [0, 0.1) is 5.82 Å². The van der Waals surface area contributed by atoms with E-state index in [0.29, 0.717) is 10.0 Å². The minimum absolute atomic E-state index is 0.0913. The summed E-state index contributed by atoms with van der Waals surface area (Å²) in [5.74, 6) is -0.999. The van der Waals surface area contributed by atoms with E-state index in [2.05, 4.69) is 5.32 Å². The van der Waals surface area contributed by atoms with Crippen molar-refractivity contribution in [2.45, 2.75) is 6.04 Å². The Labute approximate surface area is 134 Å². The summed E-state index contributed by atoms with van der Waals surface area (Å²) in [5, 5.41) is 14.6. The molecule has 0 bridgehead atoms. The van der Waals surface area contributed by atoms with Crippen molar-refractivity contribution in [1.82, 2.24) is 0 Å². The minimum atomic E-state index is -0.644. The molecule has 1 unspecified atom stereocenters. The summed E-state index contributed by atoms with van der Waals surface area (Å²) >= 11 is 9.12. The number of thiophene rings is 2. The Hall–Kier alpha value is -1.56. The maximum atomic E-state index is 13.5. The van der Waals surface area contributed by atoms with Gasteiger partial charge < -0.3 is 10.4 Å². The number of nitrogens with one attached hydrogen (secondary N) is 1. The molecule has 2 nitrogen and oxygen atoms in total. The Balaban J connectivity index is 1.94. The van der Waals surface area contributed by atoms with E-state index >= 15 is 0 Å². The number of benzene rings is 1. The highest BCUT2D eigenvalue weighted by molar-refractivity contribution is 7.16. The van der Waals surface area contributed by atoms with Crippen molar-refractivity contribution in [1.29, 1.82) is 0 Å². The largest absolute Gasteiger partial charge is 0.505 e. The average Bonchev–Trinajstić information content (AvgIpc) is 3.11. The third kappa shape index (κ3) is 3.20. The molecule has 0 amide bonds. The molecule has 0 aliphatic heterocycles. The summed E-state index contributed by atoms with van der Waals surface area (Å²) in [6.45, 7) is 0. The molecule has 2 heterocycles. The van der Waals surface area contributed by atoms with Gasteiger partial charge in [-0.3, -0.25) is 0 Å². The minimum Gasteiger partial charge on any atom is -0.505 e. The molecule has 0 fully saturated rings. The monoisotopic (exact) mass is 339 g/mol. The van der Waals surface area contributed by atoms with E-state index in [4.69, 9.17) is 11.6 Å². The van der Waals surface area contributed by atoms with Gasteiger partial charge in [0.25, 0.3) is 0 Å². The number of phenolic OH excluding ortho intramolecular Hbond substituents is 1. The van der Waals surface area contributed by atoms with Crippen LogP contribution in [0.15, 0.2) is 47.8 Å². The Morgan fingerprint density at radius 3 is 2.62 bits per heavy atom. The molecular weight excluding hydrogens is 329 g/mol. The second-order valence-corrected chi connectivity index (χ2v) is 7.13. The van der Waals surface area contributed by atoms with Crippen LogP contribution in [-0.4, -0.2) is 5.11 Å². The van der Waals surface area contributed by atoms with Gasteiger partial charge in [-0.15, -0.1) is 22.7 Å². The van der Waals surface area contributed by atoms with Gasteiger partial charge in [0.2, 0.25) is 0 Å². The zero-order valence-electron chi connectivity index (χ0n) is 10.7. The van der Waals surface area contributed by atoms with Crippen LogP contribution < -0.4 is 5.32 Å². The number of hydrogen-bond acceptors (Lipinski definition) is 4. The Morgan fingerprint density at radius 1 is 1.14 bits per heavy atom. The van der Waals surface area contributed by atoms with Crippen molar-refractivity contribution in [2.75, 3.05) is 5.32 Å². The first-order chi connectivity index (χ1) is 10.1. The number of rotatable bonds is 4. The van der Waals surface area contributed by atoms with Crippen LogP contribution >= 0.6 is 34.3 Å². The molecule has 0 saturated carbocycles. The fourth-order valence-corrected chi connectivity index (χ4v) is 3.98. The Kier molecular flexibility index (Phi) is 4.14. The maximum absolute atomic E-state index is 13.5. The Bertz CT molecular complexity index is 742. The fraction of sp³-hybridized carbons (Fsp3) is 0.0667. The van der Waals surface area contributed by atoms with Crippen molar-refractivity contribution in [2.24, 2.45) is 0 Å². The first-order valence-corrected chi connectivity index (χ1v) is 8.24. The van der Waals surface area contributed by atoms with Gasteiger partial charge in [-0.2, -0.15) is 0 Å². The van der Waals surface area contributed by atoms with Crippen molar-refractivity contribution >= 4 is 40.0 Å². The number of aromatic hydroxyl groups is 1. The zero-order chi connectivity index (χ0) is 14.8. The molecule has 1 aromatic carbocycles. The normalized spacial score (nSPS) is 12.3. The highest BCUT2D eigenvalue weighted by Crippen LogP contribution is 2.36. The van der Waals surface area contributed by atoms with Crippen molar-refractivity contribution in [3.05, 3.63) is 67.8 Å². The molecule has 21 heavy (non-hydrogen) atoms. The summed E-state index contributed by atoms with van der Waals surface area (Å²) in [5.41, 5.74) is 0.605. The molecule has 3 aromatic rings. The van der Waals surface area contributed by atoms with Gasteiger partial charge in [0.15, 0.2) is 11.6 Å². The number of hydrogen-bond donors (Lipinski definition) is 2. The van der Waals surface area contributed by atoms with Crippen molar-refractivity contribution in [3.8, 4) is 5.75 Å². The second kappa shape index (κ2) is 6.05. The van der Waals surface area contributed by atoms with Gasteiger partial charge in [-0.05, 0) is 35.7 Å². The number of anilines is 1. The van der Waals surface area contributed by atoms with Gasteiger partial charge in [-0.1, -0.05) is 17.7 Å². The molecule has 6 heteroatoms. The third-order valence-electron chi connectivity index (χ3n) is 2.96. The standard InChI is InChI=1S/C15H11ClFNOS2/c16-14-6-5-13(21-14)15(12-2-1-7-20-12)18-9-3-4-11(19)10(17)8-9/h1-8,15,18-19H. The molecule has 1 atom stereocenters. The number of phenols is 1. The molecular formula is C15H11ClFNOS2. The van der Waals surface area contributed by atoms with Crippen LogP contribution in [0.25, 0.3) is 0 Å². The topological polar surface area (TPSA) is 32.3 Å². The van der Waals surface area contributed by atoms with Gasteiger partial charge >= 0.3 is 0 Å². The van der Waals surface area contributed by atoms with Crippen LogP contribution in [0.2, 0.25) is 4.34 Å². The summed E-state index contributed by atoms with van der Waals surface area (Å²) in [6, 6.07) is 12.0. The maximum Gasteiger partial charge on any atom is 0.166 e. The SMILES string of the molecule is Oc1ccc(NC(c2cccs2)c2ccc(Cl)s2)cc1F. The van der Waals surface area contributed by atoms with Gasteiger partial charge in [0, 0.05) is 21.5 Å². The van der Waals surface area contributed by atoms with Crippen molar-refractivity contribution < 1.29 is 9.50 Å². The fourth-order valence-electron chi connectivity index (χ4n) is 1.98. The highest BCUT2D eigenvalue weighted by Gasteiger charge is 2.17. The predicted octanol–water partition coefficient (Wildman–Crippen LogP) is 5.51. The smallest absolute Gasteiger partial charge is 0.166 e. The van der Waals surface area contributed by atoms with Crippen LogP contribution in [0.1, 0.15) is 15.8 Å².